The van der Waals surface area contributed by atoms with Crippen LogP contribution in [0.1, 0.15) is 22.8 Å². The molecule has 2 aromatic rings. The van der Waals surface area contributed by atoms with Crippen LogP contribution in [0.25, 0.3) is 0 Å². The predicted octanol–water partition coefficient (Wildman–Crippen LogP) is 2.93. The number of rotatable bonds is 5. The molecule has 2 rings (SSSR count). The quantitative estimate of drug-likeness (QED) is 0.784. The van der Waals surface area contributed by atoms with Gasteiger partial charge in [0.15, 0.2) is 0 Å². The first-order valence-electron chi connectivity index (χ1n) is 6.66. The maximum Gasteiger partial charge on any atom is 0.258 e. The Labute approximate surface area is 118 Å². The van der Waals surface area contributed by atoms with Gasteiger partial charge < -0.3 is 4.90 Å². The molecular formula is C16H17FN2O. The molecule has 0 atom stereocenters. The Kier molecular flexibility index (Phi) is 4.82. The van der Waals surface area contributed by atoms with Crippen LogP contribution in [0.3, 0.4) is 0 Å². The summed E-state index contributed by atoms with van der Waals surface area (Å²) in [5.74, 6) is -1.02. The highest BCUT2D eigenvalue weighted by molar-refractivity contribution is 5.94. The molecule has 1 aromatic heterocycles. The highest BCUT2D eigenvalue weighted by Crippen LogP contribution is 2.09. The molecule has 0 saturated heterocycles. The normalized spacial score (nSPS) is 10.3. The van der Waals surface area contributed by atoms with E-state index < -0.39 is 5.95 Å². The third-order valence-electron chi connectivity index (χ3n) is 3.17. The van der Waals surface area contributed by atoms with Crippen LogP contribution in [-0.2, 0) is 6.42 Å². The number of hydrogen-bond acceptors (Lipinski definition) is 2. The van der Waals surface area contributed by atoms with E-state index >= 15 is 0 Å². The van der Waals surface area contributed by atoms with Crippen LogP contribution in [-0.4, -0.2) is 28.9 Å². The lowest BCUT2D eigenvalue weighted by atomic mass is 10.1. The molecule has 0 radical (unpaired) electrons. The van der Waals surface area contributed by atoms with Gasteiger partial charge in [0.1, 0.15) is 0 Å². The van der Waals surface area contributed by atoms with Crippen molar-refractivity contribution >= 4 is 5.91 Å². The van der Waals surface area contributed by atoms with Gasteiger partial charge in [0, 0.05) is 19.3 Å². The van der Waals surface area contributed by atoms with E-state index in [1.807, 2.05) is 37.3 Å². The number of amides is 1. The topological polar surface area (TPSA) is 33.2 Å². The lowest BCUT2D eigenvalue weighted by Crippen LogP contribution is -2.33. The molecule has 104 valence electrons. The number of likely N-dealkylation sites (N-methyl/N-ethyl adjacent to an activating group) is 1. The van der Waals surface area contributed by atoms with Gasteiger partial charge in [-0.05, 0) is 31.0 Å². The van der Waals surface area contributed by atoms with Crippen molar-refractivity contribution in [2.45, 2.75) is 13.3 Å². The largest absolute Gasteiger partial charge is 0.338 e. The number of benzene rings is 1. The number of nitrogens with zero attached hydrogens (tertiary/aromatic N) is 2. The van der Waals surface area contributed by atoms with Crippen molar-refractivity contribution in [1.29, 1.82) is 0 Å². The molecule has 0 aliphatic carbocycles. The average Bonchev–Trinajstić information content (AvgIpc) is 2.49. The molecule has 1 aromatic carbocycles. The predicted molar refractivity (Wildman–Crippen MR) is 75.9 cm³/mol. The molecule has 3 nitrogen and oxygen atoms in total. The molecule has 0 N–H and O–H groups in total. The number of pyridine rings is 1. The summed E-state index contributed by atoms with van der Waals surface area (Å²) in [5.41, 5.74) is 1.19. The van der Waals surface area contributed by atoms with E-state index in [9.17, 15) is 9.18 Å². The molecule has 0 spiro atoms. The zero-order chi connectivity index (χ0) is 14.4. The second-order valence-corrected chi connectivity index (χ2v) is 4.46. The van der Waals surface area contributed by atoms with Crippen LogP contribution in [0.15, 0.2) is 48.7 Å². The summed E-state index contributed by atoms with van der Waals surface area (Å²) in [4.78, 5) is 17.4. The number of halogens is 1. The fourth-order valence-corrected chi connectivity index (χ4v) is 2.03. The summed E-state index contributed by atoms with van der Waals surface area (Å²) in [6.07, 6.45) is 2.09. The van der Waals surface area contributed by atoms with Gasteiger partial charge in [-0.1, -0.05) is 30.3 Å². The average molecular weight is 272 g/mol. The zero-order valence-electron chi connectivity index (χ0n) is 11.4. The molecule has 0 unspecified atom stereocenters. The Bertz CT molecular complexity index is 572. The van der Waals surface area contributed by atoms with Crippen LogP contribution >= 0.6 is 0 Å². The molecule has 20 heavy (non-hydrogen) atoms. The first kappa shape index (κ1) is 14.2. The molecule has 0 aliphatic rings. The minimum absolute atomic E-state index is 0.0300. The van der Waals surface area contributed by atoms with Gasteiger partial charge in [0.25, 0.3) is 5.91 Å². The van der Waals surface area contributed by atoms with Crippen molar-refractivity contribution in [1.82, 2.24) is 9.88 Å². The van der Waals surface area contributed by atoms with Gasteiger partial charge >= 0.3 is 0 Å². The Morgan fingerprint density at radius 1 is 1.20 bits per heavy atom. The molecule has 0 aliphatic heterocycles. The van der Waals surface area contributed by atoms with Crippen molar-refractivity contribution in [3.8, 4) is 0 Å². The van der Waals surface area contributed by atoms with Crippen LogP contribution < -0.4 is 0 Å². The Morgan fingerprint density at radius 2 is 1.95 bits per heavy atom. The zero-order valence-corrected chi connectivity index (χ0v) is 11.4. The molecular weight excluding hydrogens is 255 g/mol. The molecule has 0 saturated carbocycles. The van der Waals surface area contributed by atoms with Gasteiger partial charge in [-0.15, -0.1) is 0 Å². The van der Waals surface area contributed by atoms with E-state index in [0.29, 0.717) is 13.1 Å². The minimum atomic E-state index is -0.712. The van der Waals surface area contributed by atoms with Crippen molar-refractivity contribution in [2.75, 3.05) is 13.1 Å². The van der Waals surface area contributed by atoms with Crippen LogP contribution in [0, 0.1) is 5.95 Å². The van der Waals surface area contributed by atoms with Crippen molar-refractivity contribution in [2.24, 2.45) is 0 Å². The van der Waals surface area contributed by atoms with Crippen molar-refractivity contribution in [3.05, 3.63) is 65.7 Å². The smallest absolute Gasteiger partial charge is 0.258 e. The van der Waals surface area contributed by atoms with E-state index in [2.05, 4.69) is 4.98 Å². The molecule has 1 amide bonds. The molecule has 4 heteroatoms. The first-order valence-corrected chi connectivity index (χ1v) is 6.66. The van der Waals surface area contributed by atoms with E-state index in [0.717, 1.165) is 12.0 Å². The summed E-state index contributed by atoms with van der Waals surface area (Å²) in [7, 11) is 0. The summed E-state index contributed by atoms with van der Waals surface area (Å²) in [6, 6.07) is 13.0. The van der Waals surface area contributed by atoms with Crippen molar-refractivity contribution < 1.29 is 9.18 Å². The molecule has 0 fully saturated rings. The fraction of sp³-hybridized carbons (Fsp3) is 0.250. The first-order chi connectivity index (χ1) is 9.72. The summed E-state index contributed by atoms with van der Waals surface area (Å²) >= 11 is 0. The van der Waals surface area contributed by atoms with Crippen LogP contribution in [0.2, 0.25) is 0 Å². The van der Waals surface area contributed by atoms with Crippen LogP contribution in [0.5, 0.6) is 0 Å². The Balaban J connectivity index is 2.05. The van der Waals surface area contributed by atoms with Gasteiger partial charge in [-0.2, -0.15) is 4.39 Å². The van der Waals surface area contributed by atoms with Gasteiger partial charge in [0.05, 0.1) is 5.56 Å². The minimum Gasteiger partial charge on any atom is -0.338 e. The lowest BCUT2D eigenvalue weighted by Gasteiger charge is -2.21. The Morgan fingerprint density at radius 3 is 2.60 bits per heavy atom. The van der Waals surface area contributed by atoms with Crippen LogP contribution in [0.4, 0.5) is 4.39 Å². The lowest BCUT2D eigenvalue weighted by molar-refractivity contribution is 0.0760. The third-order valence-corrected chi connectivity index (χ3v) is 3.17. The van der Waals surface area contributed by atoms with Crippen molar-refractivity contribution in [3.63, 3.8) is 0 Å². The summed E-state index contributed by atoms with van der Waals surface area (Å²) in [6.45, 7) is 2.99. The van der Waals surface area contributed by atoms with Gasteiger partial charge in [0.2, 0.25) is 5.95 Å². The molecule has 1 heterocycles. The fourth-order valence-electron chi connectivity index (χ4n) is 2.03. The van der Waals surface area contributed by atoms with Gasteiger partial charge in [-0.3, -0.25) is 4.79 Å². The second kappa shape index (κ2) is 6.80. The van der Waals surface area contributed by atoms with E-state index in [1.165, 1.54) is 12.3 Å². The summed E-state index contributed by atoms with van der Waals surface area (Å²) in [5, 5.41) is 0. The maximum absolute atomic E-state index is 13.5. The Hall–Kier alpha value is -2.23. The number of hydrogen-bond donors (Lipinski definition) is 0. The maximum atomic E-state index is 13.5. The van der Waals surface area contributed by atoms with Gasteiger partial charge in [-0.25, -0.2) is 4.98 Å². The highest BCUT2D eigenvalue weighted by Gasteiger charge is 2.18. The SMILES string of the molecule is CCN(CCc1ccccc1)C(=O)c1cccnc1F. The monoisotopic (exact) mass is 272 g/mol. The van der Waals surface area contributed by atoms with E-state index in [-0.39, 0.29) is 11.5 Å². The third kappa shape index (κ3) is 3.41. The number of aromatic nitrogens is 1. The number of carbonyl (C=O) groups is 1. The highest BCUT2D eigenvalue weighted by atomic mass is 19.1. The second-order valence-electron chi connectivity index (χ2n) is 4.46. The standard InChI is InChI=1S/C16H17FN2O/c1-2-19(12-10-13-7-4-3-5-8-13)16(20)14-9-6-11-18-15(14)17/h3-9,11H,2,10,12H2,1H3. The van der Waals surface area contributed by atoms with E-state index in [4.69, 9.17) is 0 Å². The summed E-state index contributed by atoms with van der Waals surface area (Å²) < 4.78 is 13.5. The number of carbonyl (C=O) groups excluding carboxylic acids is 1. The molecule has 0 bridgehead atoms. The van der Waals surface area contributed by atoms with E-state index in [1.54, 1.807) is 11.0 Å².